The van der Waals surface area contributed by atoms with Gasteiger partial charge in [-0.1, -0.05) is 12.1 Å². The molecule has 2 aromatic carbocycles. The number of imide groups is 1. The van der Waals surface area contributed by atoms with Crippen LogP contribution < -0.4 is 9.64 Å². The van der Waals surface area contributed by atoms with Crippen molar-refractivity contribution in [1.29, 1.82) is 0 Å². The van der Waals surface area contributed by atoms with Crippen LogP contribution in [0.2, 0.25) is 0 Å². The van der Waals surface area contributed by atoms with Crippen LogP contribution in [0.1, 0.15) is 40.7 Å². The quantitative estimate of drug-likeness (QED) is 0.451. The first-order chi connectivity index (χ1) is 13.9. The predicted octanol–water partition coefficient (Wildman–Crippen LogP) is 4.06. The van der Waals surface area contributed by atoms with E-state index in [4.69, 9.17) is 4.74 Å². The highest BCUT2D eigenvalue weighted by Crippen LogP contribution is 2.56. The Morgan fingerprint density at radius 2 is 1.62 bits per heavy atom. The van der Waals surface area contributed by atoms with Gasteiger partial charge in [-0.05, 0) is 86.4 Å². The number of fused-ring (bicyclic) bond motifs is 5. The van der Waals surface area contributed by atoms with Crippen LogP contribution >= 0.6 is 0 Å². The first-order valence-electron chi connectivity index (χ1n) is 10.2. The molecule has 1 aliphatic heterocycles. The Bertz CT molecular complexity index is 1010. The number of hydrogen-bond donors (Lipinski definition) is 0. The van der Waals surface area contributed by atoms with Crippen LogP contribution in [-0.2, 0) is 9.59 Å². The van der Waals surface area contributed by atoms with E-state index in [0.29, 0.717) is 28.8 Å². The summed E-state index contributed by atoms with van der Waals surface area (Å²) in [5.41, 5.74) is 2.94. The van der Waals surface area contributed by atoms with Gasteiger partial charge in [-0.15, -0.1) is 0 Å². The summed E-state index contributed by atoms with van der Waals surface area (Å²) in [5.74, 6) is 0.0877. The highest BCUT2D eigenvalue weighted by molar-refractivity contribution is 6.22. The smallest absolute Gasteiger partial charge is 0.343 e. The predicted molar refractivity (Wildman–Crippen MR) is 108 cm³/mol. The van der Waals surface area contributed by atoms with Crippen molar-refractivity contribution >= 4 is 23.5 Å². The number of benzene rings is 2. The zero-order valence-electron chi connectivity index (χ0n) is 16.6. The van der Waals surface area contributed by atoms with Crippen molar-refractivity contribution < 1.29 is 19.1 Å². The number of aryl methyl sites for hydroxylation is 2. The number of carbonyl (C=O) groups excluding carboxylic acids is 3. The van der Waals surface area contributed by atoms with E-state index < -0.39 is 5.97 Å². The molecule has 4 atom stereocenters. The fourth-order valence-electron chi connectivity index (χ4n) is 5.38. The fraction of sp³-hybridized carbons (Fsp3) is 0.375. The highest BCUT2D eigenvalue weighted by Gasteiger charge is 2.61. The Morgan fingerprint density at radius 1 is 0.931 bits per heavy atom. The van der Waals surface area contributed by atoms with E-state index >= 15 is 0 Å². The van der Waals surface area contributed by atoms with Gasteiger partial charge >= 0.3 is 5.97 Å². The van der Waals surface area contributed by atoms with Crippen LogP contribution in [0, 0.1) is 37.5 Å². The molecule has 0 radical (unpaired) electrons. The van der Waals surface area contributed by atoms with E-state index in [1.807, 2.05) is 26.0 Å². The molecule has 3 aliphatic rings. The van der Waals surface area contributed by atoms with Crippen LogP contribution in [0.3, 0.4) is 0 Å². The zero-order chi connectivity index (χ0) is 20.3. The van der Waals surface area contributed by atoms with E-state index in [1.54, 1.807) is 30.3 Å². The van der Waals surface area contributed by atoms with Gasteiger partial charge in [0, 0.05) is 0 Å². The number of hydrogen-bond acceptors (Lipinski definition) is 4. The van der Waals surface area contributed by atoms with Crippen molar-refractivity contribution in [2.75, 3.05) is 4.90 Å². The van der Waals surface area contributed by atoms with Crippen molar-refractivity contribution in [3.63, 3.8) is 0 Å². The van der Waals surface area contributed by atoms with E-state index in [9.17, 15) is 14.4 Å². The number of carbonyl (C=O) groups is 3. The summed E-state index contributed by atoms with van der Waals surface area (Å²) in [5, 5.41) is 0. The molecule has 5 rings (SSSR count). The van der Waals surface area contributed by atoms with Crippen molar-refractivity contribution in [2.24, 2.45) is 23.7 Å². The van der Waals surface area contributed by atoms with Crippen LogP contribution in [-0.4, -0.2) is 17.8 Å². The lowest BCUT2D eigenvalue weighted by Gasteiger charge is -2.19. The van der Waals surface area contributed by atoms with Gasteiger partial charge < -0.3 is 4.74 Å². The second-order valence-corrected chi connectivity index (χ2v) is 8.58. The highest BCUT2D eigenvalue weighted by atomic mass is 16.5. The Hall–Kier alpha value is -2.95. The van der Waals surface area contributed by atoms with Gasteiger partial charge in [0.25, 0.3) is 0 Å². The summed E-state index contributed by atoms with van der Waals surface area (Å²) >= 11 is 0. The molecule has 0 aromatic heterocycles. The molecule has 3 fully saturated rings. The maximum absolute atomic E-state index is 13.0. The molecule has 5 nitrogen and oxygen atoms in total. The molecular formula is C24H23NO4. The third kappa shape index (κ3) is 2.79. The Morgan fingerprint density at radius 3 is 2.28 bits per heavy atom. The van der Waals surface area contributed by atoms with Gasteiger partial charge in [-0.25, -0.2) is 4.79 Å². The van der Waals surface area contributed by atoms with E-state index in [-0.39, 0.29) is 23.7 Å². The topological polar surface area (TPSA) is 63.7 Å². The van der Waals surface area contributed by atoms with Crippen molar-refractivity contribution in [3.05, 3.63) is 59.2 Å². The molecule has 0 N–H and O–H groups in total. The molecule has 2 aromatic rings. The Balaban J connectivity index is 1.40. The first kappa shape index (κ1) is 18.1. The van der Waals surface area contributed by atoms with Gasteiger partial charge in [0.05, 0.1) is 23.1 Å². The maximum Gasteiger partial charge on any atom is 0.343 e. The SMILES string of the molecule is Cc1ccc(OC(=O)c2cccc(N3C(=O)[C@@H]4[C@H]5CC[C@@H](C5)[C@@H]4C3=O)c2)cc1C. The van der Waals surface area contributed by atoms with Gasteiger partial charge in [-0.2, -0.15) is 0 Å². The average molecular weight is 389 g/mol. The van der Waals surface area contributed by atoms with Crippen LogP contribution in [0.25, 0.3) is 0 Å². The van der Waals surface area contributed by atoms with Crippen LogP contribution in [0.5, 0.6) is 5.75 Å². The molecule has 1 saturated heterocycles. The first-order valence-corrected chi connectivity index (χ1v) is 10.2. The lowest BCUT2D eigenvalue weighted by atomic mass is 9.81. The maximum atomic E-state index is 13.0. The lowest BCUT2D eigenvalue weighted by Crippen LogP contribution is -2.32. The van der Waals surface area contributed by atoms with Crippen molar-refractivity contribution in [2.45, 2.75) is 33.1 Å². The monoisotopic (exact) mass is 389 g/mol. The van der Waals surface area contributed by atoms with Gasteiger partial charge in [0.15, 0.2) is 0 Å². The van der Waals surface area contributed by atoms with E-state index in [0.717, 1.165) is 30.4 Å². The van der Waals surface area contributed by atoms with Crippen LogP contribution in [0.15, 0.2) is 42.5 Å². The minimum atomic E-state index is -0.505. The molecule has 29 heavy (non-hydrogen) atoms. The molecule has 0 spiro atoms. The fourth-order valence-corrected chi connectivity index (χ4v) is 5.38. The van der Waals surface area contributed by atoms with Gasteiger partial charge in [0.1, 0.15) is 5.75 Å². The number of anilines is 1. The lowest BCUT2D eigenvalue weighted by molar-refractivity contribution is -0.123. The second kappa shape index (κ2) is 6.55. The summed E-state index contributed by atoms with van der Waals surface area (Å²) in [6.45, 7) is 3.96. The number of rotatable bonds is 3. The molecule has 1 heterocycles. The molecule has 2 saturated carbocycles. The summed E-state index contributed by atoms with van der Waals surface area (Å²) < 4.78 is 5.50. The molecular weight excluding hydrogens is 366 g/mol. The van der Waals surface area contributed by atoms with Gasteiger partial charge in [0.2, 0.25) is 11.8 Å². The number of ether oxygens (including phenoxy) is 1. The molecule has 0 unspecified atom stereocenters. The Labute approximate surface area is 169 Å². The van der Waals surface area contributed by atoms with Gasteiger partial charge in [-0.3, -0.25) is 14.5 Å². The number of amides is 2. The molecule has 148 valence electrons. The number of nitrogens with zero attached hydrogens (tertiary/aromatic N) is 1. The standard InChI is InChI=1S/C24H23NO4/c1-13-6-9-19(10-14(13)2)29-24(28)17-4-3-5-18(12-17)25-22(26)20-15-7-8-16(11-15)21(20)23(25)27/h3-6,9-10,12,15-16,20-21H,7-8,11H2,1-2H3/t15-,16-,20-,21+/m0/s1. The summed E-state index contributed by atoms with van der Waals surface area (Å²) in [4.78, 5) is 40.0. The minimum Gasteiger partial charge on any atom is -0.423 e. The van der Waals surface area contributed by atoms with Crippen molar-refractivity contribution in [1.82, 2.24) is 0 Å². The second-order valence-electron chi connectivity index (χ2n) is 8.58. The van der Waals surface area contributed by atoms with E-state index in [2.05, 4.69) is 0 Å². The third-order valence-corrected chi connectivity index (χ3v) is 6.96. The van der Waals surface area contributed by atoms with E-state index in [1.165, 1.54) is 4.90 Å². The minimum absolute atomic E-state index is 0.105. The molecule has 2 bridgehead atoms. The number of esters is 1. The summed E-state index contributed by atoms with van der Waals surface area (Å²) in [7, 11) is 0. The molecule has 2 amide bonds. The average Bonchev–Trinajstić information content (AvgIpc) is 3.38. The normalized spacial score (nSPS) is 27.4. The Kier molecular flexibility index (Phi) is 4.09. The molecule has 5 heteroatoms. The third-order valence-electron chi connectivity index (χ3n) is 6.96. The zero-order valence-corrected chi connectivity index (χ0v) is 16.6. The largest absolute Gasteiger partial charge is 0.423 e. The van der Waals surface area contributed by atoms with Crippen molar-refractivity contribution in [3.8, 4) is 5.75 Å². The van der Waals surface area contributed by atoms with Crippen LogP contribution in [0.4, 0.5) is 5.69 Å². The summed E-state index contributed by atoms with van der Waals surface area (Å²) in [6, 6.07) is 12.1. The molecule has 2 aliphatic carbocycles. The summed E-state index contributed by atoms with van der Waals surface area (Å²) in [6.07, 6.45) is 3.09.